The van der Waals surface area contributed by atoms with Crippen molar-refractivity contribution in [2.24, 2.45) is 12.5 Å². The molecule has 6 rings (SSSR count). The Balaban J connectivity index is 1.51. The highest BCUT2D eigenvalue weighted by atomic mass is 19.1. The minimum atomic E-state index is -0.574. The molecule has 2 aliphatic rings. The van der Waals surface area contributed by atoms with Gasteiger partial charge in [-0.15, -0.1) is 12.0 Å². The molecule has 44 heavy (non-hydrogen) atoms. The maximum atomic E-state index is 14.0. The number of nitrogens with one attached hydrogen (secondary N) is 4. The van der Waals surface area contributed by atoms with Crippen molar-refractivity contribution < 1.29 is 4.39 Å². The summed E-state index contributed by atoms with van der Waals surface area (Å²) < 4.78 is 15.5. The second kappa shape index (κ2) is 10.9. The number of alkyl halides is 1. The van der Waals surface area contributed by atoms with Crippen molar-refractivity contribution in [1.29, 1.82) is 5.26 Å². The Morgan fingerprint density at radius 2 is 1.98 bits per heavy atom. The zero-order valence-corrected chi connectivity index (χ0v) is 25.3. The molecule has 1 saturated carbocycles. The Kier molecular flexibility index (Phi) is 7.19. The summed E-state index contributed by atoms with van der Waals surface area (Å²) >= 11 is 0. The van der Waals surface area contributed by atoms with Crippen LogP contribution in [-0.2, 0) is 7.05 Å². The van der Waals surface area contributed by atoms with E-state index in [1.165, 1.54) is 0 Å². The van der Waals surface area contributed by atoms with Gasteiger partial charge in [-0.2, -0.15) is 5.26 Å². The summed E-state index contributed by atoms with van der Waals surface area (Å²) in [6, 6.07) is 13.1. The maximum Gasteiger partial charge on any atom is 0.258 e. The molecule has 9 nitrogen and oxygen atoms in total. The van der Waals surface area contributed by atoms with Crippen LogP contribution < -0.4 is 27.2 Å². The number of rotatable bonds is 8. The second-order valence-electron chi connectivity index (χ2n) is 12.8. The van der Waals surface area contributed by atoms with E-state index in [0.717, 1.165) is 40.6 Å². The number of pyridine rings is 2. The molecule has 2 aromatic carbocycles. The minimum Gasteiger partial charge on any atom is -0.383 e. The lowest BCUT2D eigenvalue weighted by Crippen LogP contribution is -2.46. The molecule has 1 aliphatic carbocycles. The van der Waals surface area contributed by atoms with Gasteiger partial charge in [0, 0.05) is 48.6 Å². The van der Waals surface area contributed by atoms with Gasteiger partial charge in [0.15, 0.2) is 0 Å². The molecule has 10 heteroatoms. The summed E-state index contributed by atoms with van der Waals surface area (Å²) in [5.74, 6) is 2.73. The van der Waals surface area contributed by atoms with Crippen molar-refractivity contribution in [3.05, 3.63) is 87.7 Å². The van der Waals surface area contributed by atoms with Crippen LogP contribution in [0.25, 0.3) is 21.7 Å². The SMILES string of the molecule is C#Cc1cnc2c(C#N)cc(N[C@H](C3=CN(C4(CF)CC4)NN3)c3cccc4c(=O)n(C)ccc34)cc2c1NCC(C)(C)C. The minimum absolute atomic E-state index is 0.0239. The molecule has 0 spiro atoms. The first-order valence-corrected chi connectivity index (χ1v) is 14.6. The van der Waals surface area contributed by atoms with Crippen LogP contribution in [0.5, 0.6) is 0 Å². The summed E-state index contributed by atoms with van der Waals surface area (Å²) in [7, 11) is 1.72. The summed E-state index contributed by atoms with van der Waals surface area (Å²) in [6.45, 7) is 6.57. The molecule has 0 amide bonds. The standard InChI is InChI=1S/C34H35FN8O/c1-6-21-17-37-30-22(16-36)14-23(15-27(30)29(21)38-20-33(2,3)4)39-31(28-18-43(41-40-28)34(19-35)11-12-34)25-8-7-9-26-24(25)10-13-42(5)32(26)44/h1,7-10,13-15,17-18,31,39-41H,11-12,19-20H2,2-5H3,(H,37,38)/t31-/m0/s1. The van der Waals surface area contributed by atoms with Crippen LogP contribution in [0, 0.1) is 29.1 Å². The summed E-state index contributed by atoms with van der Waals surface area (Å²) in [5.41, 5.74) is 10.2. The predicted molar refractivity (Wildman–Crippen MR) is 172 cm³/mol. The number of hydrazine groups is 2. The number of aromatic nitrogens is 2. The molecule has 1 fully saturated rings. The molecule has 0 bridgehead atoms. The molecular formula is C34H35FN8O. The van der Waals surface area contributed by atoms with Gasteiger partial charge in [0.25, 0.3) is 5.56 Å². The average molecular weight is 591 g/mol. The van der Waals surface area contributed by atoms with Gasteiger partial charge >= 0.3 is 0 Å². The predicted octanol–water partition coefficient (Wildman–Crippen LogP) is 5.22. The number of terminal acetylenes is 1. The fourth-order valence-electron chi connectivity index (χ4n) is 5.58. The first-order valence-electron chi connectivity index (χ1n) is 14.6. The first kappa shape index (κ1) is 29.0. The molecule has 0 saturated heterocycles. The number of aryl methyl sites for hydroxylation is 1. The van der Waals surface area contributed by atoms with Crippen molar-refractivity contribution in [2.75, 3.05) is 23.9 Å². The van der Waals surface area contributed by atoms with Crippen molar-refractivity contribution >= 4 is 33.1 Å². The van der Waals surface area contributed by atoms with Crippen molar-refractivity contribution in [2.45, 2.75) is 45.2 Å². The zero-order valence-electron chi connectivity index (χ0n) is 25.3. The monoisotopic (exact) mass is 590 g/mol. The number of halogens is 1. The molecule has 0 radical (unpaired) electrons. The van der Waals surface area contributed by atoms with E-state index >= 15 is 0 Å². The van der Waals surface area contributed by atoms with E-state index in [-0.39, 0.29) is 11.0 Å². The molecule has 2 aromatic heterocycles. The Labute approximate surface area is 255 Å². The number of fused-ring (bicyclic) bond motifs is 2. The van der Waals surface area contributed by atoms with Gasteiger partial charge in [-0.3, -0.25) is 14.8 Å². The van der Waals surface area contributed by atoms with E-state index in [0.29, 0.717) is 34.3 Å². The number of hydrogen-bond donors (Lipinski definition) is 4. The van der Waals surface area contributed by atoms with E-state index in [1.54, 1.807) is 35.1 Å². The third-order valence-electron chi connectivity index (χ3n) is 8.31. The van der Waals surface area contributed by atoms with Crippen molar-refractivity contribution in [3.63, 3.8) is 0 Å². The van der Waals surface area contributed by atoms with Crippen molar-refractivity contribution in [3.8, 4) is 18.4 Å². The van der Waals surface area contributed by atoms with Gasteiger partial charge < -0.3 is 20.6 Å². The smallest absolute Gasteiger partial charge is 0.258 e. The number of benzene rings is 2. The molecule has 4 N–H and O–H groups in total. The van der Waals surface area contributed by atoms with E-state index in [2.05, 4.69) is 59.3 Å². The Bertz CT molecular complexity index is 1960. The van der Waals surface area contributed by atoms with Gasteiger partial charge in [-0.05, 0) is 53.5 Å². The highest BCUT2D eigenvalue weighted by Crippen LogP contribution is 2.43. The Hall–Kier alpha value is -5.06. The van der Waals surface area contributed by atoms with Crippen LogP contribution in [0.3, 0.4) is 0 Å². The number of nitrogens with zero attached hydrogens (tertiary/aromatic N) is 4. The number of anilines is 2. The van der Waals surface area contributed by atoms with E-state index in [1.807, 2.05) is 36.5 Å². The summed E-state index contributed by atoms with van der Waals surface area (Å²) in [4.78, 5) is 17.6. The molecule has 1 atom stereocenters. The highest BCUT2D eigenvalue weighted by Gasteiger charge is 2.49. The van der Waals surface area contributed by atoms with Gasteiger partial charge in [-0.1, -0.05) is 38.8 Å². The number of hydrogen-bond acceptors (Lipinski definition) is 8. The van der Waals surface area contributed by atoms with E-state index < -0.39 is 18.3 Å². The third-order valence-corrected chi connectivity index (χ3v) is 8.31. The van der Waals surface area contributed by atoms with Gasteiger partial charge in [0.1, 0.15) is 12.7 Å². The lowest BCUT2D eigenvalue weighted by atomic mass is 9.95. The lowest BCUT2D eigenvalue weighted by molar-refractivity contribution is 0.146. The van der Waals surface area contributed by atoms with Crippen LogP contribution >= 0.6 is 0 Å². The molecule has 4 aromatic rings. The zero-order chi connectivity index (χ0) is 31.2. The quantitative estimate of drug-likeness (QED) is 0.207. The maximum absolute atomic E-state index is 14.0. The molecule has 1 aliphatic heterocycles. The van der Waals surface area contributed by atoms with Gasteiger partial charge in [-0.25, -0.2) is 4.39 Å². The van der Waals surface area contributed by atoms with Crippen LogP contribution in [-0.4, -0.2) is 33.3 Å². The fraction of sp³-hybridized carbons (Fsp3) is 0.324. The van der Waals surface area contributed by atoms with Crippen molar-refractivity contribution in [1.82, 2.24) is 25.5 Å². The number of nitriles is 1. The summed E-state index contributed by atoms with van der Waals surface area (Å²) in [5, 5.41) is 21.2. The first-order chi connectivity index (χ1) is 21.1. The Morgan fingerprint density at radius 1 is 1.18 bits per heavy atom. The van der Waals surface area contributed by atoms with Crippen LogP contribution in [0.1, 0.15) is 56.3 Å². The van der Waals surface area contributed by atoms with E-state index in [4.69, 9.17) is 6.42 Å². The molecular weight excluding hydrogens is 555 g/mol. The highest BCUT2D eigenvalue weighted by molar-refractivity contribution is 5.99. The third kappa shape index (κ3) is 5.18. The lowest BCUT2D eigenvalue weighted by Gasteiger charge is -2.24. The Morgan fingerprint density at radius 3 is 2.66 bits per heavy atom. The van der Waals surface area contributed by atoms with Crippen LogP contribution in [0.15, 0.2) is 65.5 Å². The van der Waals surface area contributed by atoms with Gasteiger partial charge in [0.2, 0.25) is 0 Å². The normalized spacial score (nSPS) is 16.2. The van der Waals surface area contributed by atoms with E-state index in [9.17, 15) is 14.4 Å². The topological polar surface area (TPSA) is 110 Å². The largest absolute Gasteiger partial charge is 0.383 e. The fourth-order valence-corrected chi connectivity index (χ4v) is 5.58. The molecule has 3 heterocycles. The molecule has 0 unspecified atom stereocenters. The van der Waals surface area contributed by atoms with Crippen LogP contribution in [0.2, 0.25) is 0 Å². The van der Waals surface area contributed by atoms with Gasteiger partial charge in [0.05, 0.1) is 39.6 Å². The van der Waals surface area contributed by atoms with Crippen LogP contribution in [0.4, 0.5) is 15.8 Å². The summed E-state index contributed by atoms with van der Waals surface area (Å²) in [6.07, 6.45) is 12.6. The molecule has 224 valence electrons. The second-order valence-corrected chi connectivity index (χ2v) is 12.8. The average Bonchev–Trinajstić information content (AvgIpc) is 3.66.